The highest BCUT2D eigenvalue weighted by Gasteiger charge is 2.26. The zero-order chi connectivity index (χ0) is 20.7. The lowest BCUT2D eigenvalue weighted by molar-refractivity contribution is 0.150. The molecular formula is C24H35N7. The molecule has 7 nitrogen and oxygen atoms in total. The van der Waals surface area contributed by atoms with Gasteiger partial charge < -0.3 is 20.8 Å². The number of imidazole rings is 1. The molecule has 2 saturated heterocycles. The number of aromatic nitrogens is 3. The Morgan fingerprint density at radius 2 is 1.71 bits per heavy atom. The predicted molar refractivity (Wildman–Crippen MR) is 127 cm³/mol. The molecule has 2 aliphatic heterocycles. The van der Waals surface area contributed by atoms with Crippen LogP contribution in [0.3, 0.4) is 0 Å². The molecule has 0 bridgehead atoms. The molecule has 0 amide bonds. The Kier molecular flexibility index (Phi) is 6.27. The number of hydrogen-bond acceptors (Lipinski definition) is 6. The summed E-state index contributed by atoms with van der Waals surface area (Å²) in [5.41, 5.74) is 7.06. The van der Waals surface area contributed by atoms with Crippen molar-refractivity contribution in [3.05, 3.63) is 47.5 Å². The van der Waals surface area contributed by atoms with Crippen LogP contribution in [0, 0.1) is 20.8 Å². The van der Waals surface area contributed by atoms with Crippen molar-refractivity contribution in [1.82, 2.24) is 30.7 Å². The second-order valence-corrected chi connectivity index (χ2v) is 8.83. The number of rotatable bonds is 3. The maximum atomic E-state index is 5.05. The van der Waals surface area contributed by atoms with E-state index in [-0.39, 0.29) is 6.15 Å². The number of fused-ring (bicyclic) bond motifs is 1. The van der Waals surface area contributed by atoms with E-state index < -0.39 is 0 Å². The first-order valence-corrected chi connectivity index (χ1v) is 11.2. The molecular weight excluding hydrogens is 386 g/mol. The van der Waals surface area contributed by atoms with E-state index in [4.69, 9.17) is 4.98 Å². The predicted octanol–water partition coefficient (Wildman–Crippen LogP) is 3.36. The van der Waals surface area contributed by atoms with Crippen LogP contribution in [0.5, 0.6) is 0 Å². The number of nitrogens with zero attached hydrogens (tertiary/aromatic N) is 5. The van der Waals surface area contributed by atoms with Gasteiger partial charge in [0.15, 0.2) is 0 Å². The van der Waals surface area contributed by atoms with Gasteiger partial charge in [0.05, 0.1) is 0 Å². The molecule has 5 heterocycles. The average Bonchev–Trinajstić information content (AvgIpc) is 3.23. The van der Waals surface area contributed by atoms with Crippen molar-refractivity contribution >= 4 is 11.5 Å². The Balaban J connectivity index is 0.00000231. The molecule has 0 atom stereocenters. The van der Waals surface area contributed by atoms with E-state index >= 15 is 0 Å². The Labute approximate surface area is 185 Å². The van der Waals surface area contributed by atoms with Gasteiger partial charge in [-0.2, -0.15) is 0 Å². The summed E-state index contributed by atoms with van der Waals surface area (Å²) < 4.78 is 2.11. The first-order valence-electron chi connectivity index (χ1n) is 11.2. The van der Waals surface area contributed by atoms with Gasteiger partial charge >= 0.3 is 0 Å². The maximum absolute atomic E-state index is 5.05. The summed E-state index contributed by atoms with van der Waals surface area (Å²) in [6, 6.07) is 5.24. The summed E-state index contributed by atoms with van der Waals surface area (Å²) in [5, 5.41) is 3.46. The molecule has 166 valence electrons. The van der Waals surface area contributed by atoms with Crippen LogP contribution < -0.4 is 16.4 Å². The fourth-order valence-electron chi connectivity index (χ4n) is 5.26. The highest BCUT2D eigenvalue weighted by atomic mass is 15.2. The zero-order valence-corrected chi connectivity index (χ0v) is 19.1. The van der Waals surface area contributed by atoms with Crippen LogP contribution in [-0.2, 0) is 0 Å². The van der Waals surface area contributed by atoms with Crippen molar-refractivity contribution in [2.45, 2.75) is 39.7 Å². The lowest BCUT2D eigenvalue weighted by Gasteiger charge is -2.40. The summed E-state index contributed by atoms with van der Waals surface area (Å²) in [6.07, 6.45) is 8.51. The second-order valence-electron chi connectivity index (χ2n) is 8.83. The lowest BCUT2D eigenvalue weighted by atomic mass is 9.98. The van der Waals surface area contributed by atoms with E-state index in [9.17, 15) is 0 Å². The number of aryl methyl sites for hydroxylation is 3. The summed E-state index contributed by atoms with van der Waals surface area (Å²) in [5.74, 6) is 1.13. The van der Waals surface area contributed by atoms with Gasteiger partial charge in [0, 0.05) is 80.7 Å². The SMILES string of the molecule is Cc1cc(N2CCC(N3CCNCC3)CC2)nc(C)c1-c1cc(C)c2nccn2c1.N. The van der Waals surface area contributed by atoms with Gasteiger partial charge in [0.25, 0.3) is 0 Å². The van der Waals surface area contributed by atoms with Gasteiger partial charge in [-0.3, -0.25) is 4.90 Å². The third-order valence-corrected chi connectivity index (χ3v) is 6.80. The first kappa shape index (κ1) is 21.7. The van der Waals surface area contributed by atoms with Gasteiger partial charge in [-0.25, -0.2) is 9.97 Å². The summed E-state index contributed by atoms with van der Waals surface area (Å²) in [7, 11) is 0. The smallest absolute Gasteiger partial charge is 0.139 e. The lowest BCUT2D eigenvalue weighted by Crippen LogP contribution is -2.52. The molecule has 0 aliphatic carbocycles. The van der Waals surface area contributed by atoms with Gasteiger partial charge in [0.1, 0.15) is 11.5 Å². The molecule has 7 heteroatoms. The largest absolute Gasteiger partial charge is 0.356 e. The van der Waals surface area contributed by atoms with E-state index in [1.165, 1.54) is 48.2 Å². The summed E-state index contributed by atoms with van der Waals surface area (Å²) in [6.45, 7) is 13.3. The molecule has 3 aromatic rings. The normalized spacial score (nSPS) is 18.4. The van der Waals surface area contributed by atoms with E-state index in [0.717, 1.165) is 49.4 Å². The van der Waals surface area contributed by atoms with Crippen LogP contribution in [0.15, 0.2) is 30.7 Å². The van der Waals surface area contributed by atoms with E-state index in [1.807, 2.05) is 12.4 Å². The maximum Gasteiger partial charge on any atom is 0.139 e. The number of nitrogens with one attached hydrogen (secondary N) is 1. The average molecular weight is 422 g/mol. The summed E-state index contributed by atoms with van der Waals surface area (Å²) in [4.78, 5) is 14.6. The fraction of sp³-hybridized carbons (Fsp3) is 0.500. The first-order chi connectivity index (χ1) is 14.6. The second kappa shape index (κ2) is 8.94. The van der Waals surface area contributed by atoms with Crippen LogP contribution in [0.25, 0.3) is 16.8 Å². The van der Waals surface area contributed by atoms with Crippen molar-refractivity contribution in [2.75, 3.05) is 44.2 Å². The van der Waals surface area contributed by atoms with E-state index in [0.29, 0.717) is 0 Å². The molecule has 4 N–H and O–H groups in total. The van der Waals surface area contributed by atoms with Gasteiger partial charge in [-0.1, -0.05) is 0 Å². The minimum absolute atomic E-state index is 0. The highest BCUT2D eigenvalue weighted by molar-refractivity contribution is 5.73. The van der Waals surface area contributed by atoms with Crippen LogP contribution in [0.2, 0.25) is 0 Å². The third kappa shape index (κ3) is 4.18. The minimum Gasteiger partial charge on any atom is -0.356 e. The van der Waals surface area contributed by atoms with Gasteiger partial charge in [0.2, 0.25) is 0 Å². The number of hydrogen-bond donors (Lipinski definition) is 2. The molecule has 0 unspecified atom stereocenters. The van der Waals surface area contributed by atoms with Crippen molar-refractivity contribution in [3.8, 4) is 11.1 Å². The molecule has 31 heavy (non-hydrogen) atoms. The van der Waals surface area contributed by atoms with Crippen molar-refractivity contribution < 1.29 is 0 Å². The zero-order valence-electron chi connectivity index (χ0n) is 19.1. The topological polar surface area (TPSA) is 83.7 Å². The van der Waals surface area contributed by atoms with E-state index in [1.54, 1.807) is 0 Å². The quantitative estimate of drug-likeness (QED) is 0.675. The van der Waals surface area contributed by atoms with Gasteiger partial charge in [-0.15, -0.1) is 0 Å². The number of anilines is 1. The number of piperidine rings is 1. The molecule has 0 aromatic carbocycles. The molecule has 5 rings (SSSR count). The fourth-order valence-corrected chi connectivity index (χ4v) is 5.26. The molecule has 2 aliphatic rings. The third-order valence-electron chi connectivity index (χ3n) is 6.80. The Hall–Kier alpha value is -2.48. The van der Waals surface area contributed by atoms with Crippen molar-refractivity contribution in [2.24, 2.45) is 0 Å². The van der Waals surface area contributed by atoms with Crippen LogP contribution >= 0.6 is 0 Å². The van der Waals surface area contributed by atoms with E-state index in [2.05, 4.69) is 63.6 Å². The molecule has 3 aromatic heterocycles. The number of piperazine rings is 1. The van der Waals surface area contributed by atoms with Crippen LogP contribution in [0.4, 0.5) is 5.82 Å². The Bertz CT molecular complexity index is 1020. The standard InChI is InChI=1S/C24H32N6.H3N/c1-17-15-22(29-9-4-21(5-10-29)28-11-6-25-7-12-28)27-19(3)23(17)20-14-18(2)24-26-8-13-30(24)16-20;/h8,13-16,21,25H,4-7,9-12H2,1-3H3;1H3. The minimum atomic E-state index is 0. The van der Waals surface area contributed by atoms with Crippen LogP contribution in [-0.4, -0.2) is 64.6 Å². The van der Waals surface area contributed by atoms with Gasteiger partial charge in [-0.05, 0) is 56.9 Å². The van der Waals surface area contributed by atoms with Crippen molar-refractivity contribution in [1.29, 1.82) is 0 Å². The monoisotopic (exact) mass is 421 g/mol. The summed E-state index contributed by atoms with van der Waals surface area (Å²) >= 11 is 0. The Morgan fingerprint density at radius 1 is 0.968 bits per heavy atom. The molecule has 2 fully saturated rings. The van der Waals surface area contributed by atoms with Crippen molar-refractivity contribution in [3.63, 3.8) is 0 Å². The van der Waals surface area contributed by atoms with Crippen LogP contribution in [0.1, 0.15) is 29.7 Å². The molecule has 0 saturated carbocycles. The molecule has 0 radical (unpaired) electrons. The highest BCUT2D eigenvalue weighted by Crippen LogP contribution is 2.31. The Morgan fingerprint density at radius 3 is 2.42 bits per heavy atom. The molecule has 0 spiro atoms. The number of pyridine rings is 2.